The van der Waals surface area contributed by atoms with Gasteiger partial charge in [0.2, 0.25) is 0 Å². The first-order valence-electron chi connectivity index (χ1n) is 6.18. The van der Waals surface area contributed by atoms with Crippen LogP contribution in [0.3, 0.4) is 0 Å². The Hall–Kier alpha value is -1.05. The third-order valence-corrected chi connectivity index (χ3v) is 2.84. The minimum Gasteiger partial charge on any atom is -0.449 e. The van der Waals surface area contributed by atoms with E-state index in [0.29, 0.717) is 0 Å². The Bertz CT molecular complexity index is 298. The molecular weight excluding hydrogens is 216 g/mol. The number of hydrogen-bond donors (Lipinski definition) is 0. The maximum atomic E-state index is 10.8. The first kappa shape index (κ1) is 14.0. The van der Waals surface area contributed by atoms with E-state index in [9.17, 15) is 4.79 Å². The number of carbonyl (C=O) groups is 1. The lowest BCUT2D eigenvalue weighted by molar-refractivity contribution is -0.143. The van der Waals surface area contributed by atoms with Crippen molar-refractivity contribution in [3.05, 3.63) is 0 Å². The number of hydrogen-bond acceptors (Lipinski definition) is 4. The molecule has 0 unspecified atom stereocenters. The second-order valence-electron chi connectivity index (χ2n) is 4.41. The zero-order chi connectivity index (χ0) is 12.7. The molecule has 4 heteroatoms. The highest BCUT2D eigenvalue weighted by Crippen LogP contribution is 1.99. The number of likely N-dealkylation sites (N-methyl/N-ethyl adjacent to an activating group) is 1. The van der Waals surface area contributed by atoms with Gasteiger partial charge in [0, 0.05) is 33.1 Å². The van der Waals surface area contributed by atoms with Crippen LogP contribution in [0, 0.1) is 11.8 Å². The number of piperazine rings is 1. The van der Waals surface area contributed by atoms with Gasteiger partial charge >= 0.3 is 5.97 Å². The van der Waals surface area contributed by atoms with Crippen molar-refractivity contribution in [2.45, 2.75) is 26.4 Å². The van der Waals surface area contributed by atoms with Gasteiger partial charge < -0.3 is 9.64 Å². The van der Waals surface area contributed by atoms with Gasteiger partial charge in [0.25, 0.3) is 0 Å². The van der Waals surface area contributed by atoms with Gasteiger partial charge in [-0.1, -0.05) is 18.8 Å². The van der Waals surface area contributed by atoms with Gasteiger partial charge in [-0.2, -0.15) is 0 Å². The van der Waals surface area contributed by atoms with Crippen LogP contribution in [0.4, 0.5) is 0 Å². The van der Waals surface area contributed by atoms with Crippen molar-refractivity contribution in [3.8, 4) is 11.8 Å². The summed E-state index contributed by atoms with van der Waals surface area (Å²) < 4.78 is 5.07. The highest BCUT2D eigenvalue weighted by molar-refractivity contribution is 5.66. The average Bonchev–Trinajstić information content (AvgIpc) is 2.30. The van der Waals surface area contributed by atoms with Crippen LogP contribution in [0.5, 0.6) is 0 Å². The van der Waals surface area contributed by atoms with Crippen molar-refractivity contribution in [3.63, 3.8) is 0 Å². The van der Waals surface area contributed by atoms with Crippen LogP contribution < -0.4 is 0 Å². The fourth-order valence-corrected chi connectivity index (χ4v) is 1.69. The molecule has 1 atom stereocenters. The minimum absolute atomic E-state index is 0.250. The van der Waals surface area contributed by atoms with Crippen molar-refractivity contribution in [1.29, 1.82) is 0 Å². The number of carbonyl (C=O) groups excluding carboxylic acids is 1. The molecule has 0 aromatic rings. The molecule has 1 aliphatic rings. The lowest BCUT2D eigenvalue weighted by Gasteiger charge is -2.30. The van der Waals surface area contributed by atoms with Crippen LogP contribution in [-0.2, 0) is 9.53 Å². The number of nitrogens with zero attached hydrogens (tertiary/aromatic N) is 2. The van der Waals surface area contributed by atoms with Crippen LogP contribution in [0.1, 0.15) is 20.3 Å². The maximum absolute atomic E-state index is 10.8. The minimum atomic E-state index is -0.259. The summed E-state index contributed by atoms with van der Waals surface area (Å²) in [6.07, 6.45) is 0.495. The standard InChI is InChI=1S/C13H22N2O2/c1-4-13(17-12(2)16)6-5-7-15-10-8-14(3)9-11-15/h13H,4,7-11H2,1-3H3/t13-/m0/s1. The molecule has 0 spiro atoms. The van der Waals surface area contributed by atoms with E-state index in [0.717, 1.165) is 39.1 Å². The van der Waals surface area contributed by atoms with Gasteiger partial charge in [-0.05, 0) is 13.5 Å². The maximum Gasteiger partial charge on any atom is 0.303 e. The van der Waals surface area contributed by atoms with Crippen molar-refractivity contribution >= 4 is 5.97 Å². The Morgan fingerprint density at radius 3 is 2.53 bits per heavy atom. The van der Waals surface area contributed by atoms with Crippen LogP contribution >= 0.6 is 0 Å². The first-order valence-corrected chi connectivity index (χ1v) is 6.18. The molecule has 4 nitrogen and oxygen atoms in total. The average molecular weight is 238 g/mol. The van der Waals surface area contributed by atoms with E-state index in [1.807, 2.05) is 6.92 Å². The predicted octanol–water partition coefficient (Wildman–Crippen LogP) is 0.579. The van der Waals surface area contributed by atoms with Crippen LogP contribution in [-0.4, -0.2) is 61.6 Å². The fraction of sp³-hybridized carbons (Fsp3) is 0.769. The molecule has 1 rings (SSSR count). The molecule has 0 aliphatic carbocycles. The van der Waals surface area contributed by atoms with Crippen LogP contribution in [0.25, 0.3) is 0 Å². The van der Waals surface area contributed by atoms with Gasteiger partial charge in [0.05, 0.1) is 6.54 Å². The summed E-state index contributed by atoms with van der Waals surface area (Å²) in [5.74, 6) is 5.86. The van der Waals surface area contributed by atoms with E-state index in [-0.39, 0.29) is 12.1 Å². The van der Waals surface area contributed by atoms with Crippen molar-refractivity contribution in [2.24, 2.45) is 0 Å². The molecule has 96 valence electrons. The van der Waals surface area contributed by atoms with E-state index in [1.165, 1.54) is 6.92 Å². The number of rotatable bonds is 3. The third kappa shape index (κ3) is 5.71. The van der Waals surface area contributed by atoms with Crippen LogP contribution in [0.15, 0.2) is 0 Å². The molecule has 0 bridgehead atoms. The topological polar surface area (TPSA) is 32.8 Å². The van der Waals surface area contributed by atoms with Gasteiger partial charge in [-0.15, -0.1) is 0 Å². The van der Waals surface area contributed by atoms with E-state index in [4.69, 9.17) is 4.74 Å². The number of ether oxygens (including phenoxy) is 1. The summed E-state index contributed by atoms with van der Waals surface area (Å²) in [7, 11) is 2.14. The molecule has 0 radical (unpaired) electrons. The Kier molecular flexibility index (Phi) is 6.03. The molecule has 0 N–H and O–H groups in total. The van der Waals surface area contributed by atoms with E-state index >= 15 is 0 Å². The summed E-state index contributed by atoms with van der Waals surface area (Å²) in [6.45, 7) is 8.49. The van der Waals surface area contributed by atoms with E-state index in [1.54, 1.807) is 0 Å². The molecule has 1 saturated heterocycles. The second-order valence-corrected chi connectivity index (χ2v) is 4.41. The van der Waals surface area contributed by atoms with Crippen molar-refractivity contribution < 1.29 is 9.53 Å². The molecule has 0 aromatic carbocycles. The lowest BCUT2D eigenvalue weighted by atomic mass is 10.2. The first-order chi connectivity index (χ1) is 8.11. The molecule has 1 fully saturated rings. The zero-order valence-electron chi connectivity index (χ0n) is 11.0. The summed E-state index contributed by atoms with van der Waals surface area (Å²) in [4.78, 5) is 15.5. The highest BCUT2D eigenvalue weighted by Gasteiger charge is 2.12. The van der Waals surface area contributed by atoms with Gasteiger partial charge in [0.15, 0.2) is 6.10 Å². The highest BCUT2D eigenvalue weighted by atomic mass is 16.5. The van der Waals surface area contributed by atoms with Gasteiger partial charge in [-0.3, -0.25) is 9.69 Å². The molecule has 1 heterocycles. The SMILES string of the molecule is CC[C@@H](C#CCN1CCN(C)CC1)OC(C)=O. The summed E-state index contributed by atoms with van der Waals surface area (Å²) in [5.41, 5.74) is 0. The van der Waals surface area contributed by atoms with E-state index < -0.39 is 0 Å². The molecule has 0 aromatic heterocycles. The fourth-order valence-electron chi connectivity index (χ4n) is 1.69. The van der Waals surface area contributed by atoms with Gasteiger partial charge in [-0.25, -0.2) is 0 Å². The third-order valence-electron chi connectivity index (χ3n) is 2.84. The largest absolute Gasteiger partial charge is 0.449 e. The Morgan fingerprint density at radius 1 is 1.35 bits per heavy atom. The summed E-state index contributed by atoms with van der Waals surface area (Å²) in [5, 5.41) is 0. The molecular formula is C13H22N2O2. The van der Waals surface area contributed by atoms with Crippen molar-refractivity contribution in [2.75, 3.05) is 39.8 Å². The molecule has 17 heavy (non-hydrogen) atoms. The lowest BCUT2D eigenvalue weighted by Crippen LogP contribution is -2.44. The van der Waals surface area contributed by atoms with E-state index in [2.05, 4.69) is 28.7 Å². The normalized spacial score (nSPS) is 19.2. The molecule has 1 aliphatic heterocycles. The molecule has 0 amide bonds. The van der Waals surface area contributed by atoms with Crippen molar-refractivity contribution in [1.82, 2.24) is 9.80 Å². The van der Waals surface area contributed by atoms with Crippen LogP contribution in [0.2, 0.25) is 0 Å². The predicted molar refractivity (Wildman–Crippen MR) is 67.6 cm³/mol. The Morgan fingerprint density at radius 2 is 2.00 bits per heavy atom. The second kappa shape index (κ2) is 7.31. The quantitative estimate of drug-likeness (QED) is 0.532. The Labute approximate surface area is 104 Å². The monoisotopic (exact) mass is 238 g/mol. The zero-order valence-corrected chi connectivity index (χ0v) is 11.0. The van der Waals surface area contributed by atoms with Gasteiger partial charge in [0.1, 0.15) is 0 Å². The smallest absolute Gasteiger partial charge is 0.303 e. The number of esters is 1. The molecule has 0 saturated carbocycles. The Balaban J connectivity index is 2.31. The summed E-state index contributed by atoms with van der Waals surface area (Å²) >= 11 is 0. The summed E-state index contributed by atoms with van der Waals surface area (Å²) in [6, 6.07) is 0.